The van der Waals surface area contributed by atoms with Crippen molar-refractivity contribution in [3.05, 3.63) is 56.6 Å². The lowest BCUT2D eigenvalue weighted by Gasteiger charge is -2.31. The number of anilines is 1. The molecule has 0 saturated carbocycles. The molecule has 0 unspecified atom stereocenters. The van der Waals surface area contributed by atoms with Gasteiger partial charge >= 0.3 is 0 Å². The molecule has 27 heavy (non-hydrogen) atoms. The van der Waals surface area contributed by atoms with Crippen molar-refractivity contribution >= 4 is 17.3 Å². The fraction of sp³-hybridized carbons (Fsp3) is 0.188. The number of nitro groups is 1. The topological polar surface area (TPSA) is 169 Å². The lowest BCUT2D eigenvalue weighted by Crippen LogP contribution is -2.42. The molecule has 0 aliphatic carbocycles. The van der Waals surface area contributed by atoms with Gasteiger partial charge in [0.1, 0.15) is 17.1 Å². The number of rotatable bonds is 3. The van der Waals surface area contributed by atoms with Crippen molar-refractivity contribution < 1.29 is 19.2 Å². The van der Waals surface area contributed by atoms with Crippen LogP contribution in [0.3, 0.4) is 0 Å². The zero-order chi connectivity index (χ0) is 19.3. The van der Waals surface area contributed by atoms with Crippen molar-refractivity contribution in [1.82, 2.24) is 10.2 Å². The number of H-pyrrole nitrogens is 1. The van der Waals surface area contributed by atoms with E-state index in [1.807, 2.05) is 6.07 Å². The van der Waals surface area contributed by atoms with E-state index in [1.54, 1.807) is 0 Å². The van der Waals surface area contributed by atoms with Gasteiger partial charge in [0.15, 0.2) is 0 Å². The summed E-state index contributed by atoms with van der Waals surface area (Å²) < 4.78 is 10.6. The Morgan fingerprint density at radius 3 is 2.96 bits per heavy atom. The number of hydrogen-bond donors (Lipinski definition) is 3. The molecular weight excluding hydrogens is 356 g/mol. The summed E-state index contributed by atoms with van der Waals surface area (Å²) in [7, 11) is 1.45. The molecule has 0 fully saturated rings. The van der Waals surface area contributed by atoms with E-state index in [-0.39, 0.29) is 40.8 Å². The van der Waals surface area contributed by atoms with Crippen LogP contribution in [0.2, 0.25) is 0 Å². The van der Waals surface area contributed by atoms with Crippen LogP contribution in [-0.2, 0) is 21.6 Å². The maximum atomic E-state index is 13.2. The second kappa shape index (κ2) is 5.55. The molecular formula is C16H12N6O5. The molecule has 0 radical (unpaired) electrons. The zero-order valence-electron chi connectivity index (χ0n) is 13.9. The van der Waals surface area contributed by atoms with Gasteiger partial charge in [-0.15, -0.1) is 5.10 Å². The van der Waals surface area contributed by atoms with E-state index in [4.69, 9.17) is 15.2 Å². The molecule has 136 valence electrons. The summed E-state index contributed by atoms with van der Waals surface area (Å²) in [5, 5.41) is 30.4. The lowest BCUT2D eigenvalue weighted by molar-refractivity contribution is -0.384. The Hall–Kier alpha value is -3.91. The van der Waals surface area contributed by atoms with Crippen molar-refractivity contribution in [2.24, 2.45) is 5.73 Å². The van der Waals surface area contributed by atoms with Crippen LogP contribution in [0.1, 0.15) is 16.8 Å². The van der Waals surface area contributed by atoms with Gasteiger partial charge in [-0.25, -0.2) is 0 Å². The van der Waals surface area contributed by atoms with E-state index in [0.29, 0.717) is 11.4 Å². The molecule has 0 saturated heterocycles. The summed E-state index contributed by atoms with van der Waals surface area (Å²) in [6, 6.07) is 5.85. The fourth-order valence-electron chi connectivity index (χ4n) is 3.57. The van der Waals surface area contributed by atoms with Gasteiger partial charge in [0, 0.05) is 30.5 Å². The molecule has 2 aliphatic heterocycles. The van der Waals surface area contributed by atoms with Crippen molar-refractivity contribution in [1.29, 1.82) is 5.26 Å². The van der Waals surface area contributed by atoms with Gasteiger partial charge in [-0.1, -0.05) is 0 Å². The molecule has 1 aromatic carbocycles. The molecule has 1 aromatic heterocycles. The Morgan fingerprint density at radius 1 is 1.52 bits per heavy atom. The van der Waals surface area contributed by atoms with E-state index >= 15 is 0 Å². The highest BCUT2D eigenvalue weighted by Crippen LogP contribution is 2.54. The zero-order valence-corrected chi connectivity index (χ0v) is 13.9. The van der Waals surface area contributed by atoms with Gasteiger partial charge in [-0.05, 0) is 6.07 Å². The Bertz CT molecular complexity index is 1080. The number of nitrogens with one attached hydrogen (secondary N) is 2. The first-order valence-electron chi connectivity index (χ1n) is 7.70. The minimum atomic E-state index is -1.73. The largest absolute Gasteiger partial charge is 0.420 e. The molecule has 1 spiro atoms. The van der Waals surface area contributed by atoms with Crippen LogP contribution in [0, 0.1) is 21.4 Å². The third-order valence-corrected chi connectivity index (χ3v) is 4.62. The predicted octanol–water partition coefficient (Wildman–Crippen LogP) is 0.789. The number of methoxy groups -OCH3 is 1. The molecule has 2 aromatic rings. The first kappa shape index (κ1) is 16.6. The SMILES string of the molecule is COCc1[nH]nc2c1[C@]1(C(=O)Nc3ccc([N+](=O)[O-])cc31)C(C#N)=C(N)O2. The summed E-state index contributed by atoms with van der Waals surface area (Å²) >= 11 is 0. The highest BCUT2D eigenvalue weighted by molar-refractivity contribution is 6.13. The Kier molecular flexibility index (Phi) is 3.40. The number of carbonyl (C=O) groups excluding carboxylic acids is 1. The van der Waals surface area contributed by atoms with Crippen molar-refractivity contribution in [3.63, 3.8) is 0 Å². The summed E-state index contributed by atoms with van der Waals surface area (Å²) in [5.74, 6) is -0.871. The van der Waals surface area contributed by atoms with Gasteiger partial charge in [0.2, 0.25) is 17.7 Å². The second-order valence-electron chi connectivity index (χ2n) is 5.96. The minimum absolute atomic E-state index is 0.00746. The summed E-state index contributed by atoms with van der Waals surface area (Å²) in [6.07, 6.45) is 0. The number of amides is 1. The molecule has 0 bridgehead atoms. The van der Waals surface area contributed by atoms with Gasteiger partial charge in [0.05, 0.1) is 22.8 Å². The van der Waals surface area contributed by atoms with E-state index in [1.165, 1.54) is 25.3 Å². The van der Waals surface area contributed by atoms with Crippen LogP contribution in [-0.4, -0.2) is 28.1 Å². The Morgan fingerprint density at radius 2 is 2.30 bits per heavy atom. The maximum Gasteiger partial charge on any atom is 0.269 e. The number of non-ortho nitro benzene ring substituents is 1. The summed E-state index contributed by atoms with van der Waals surface area (Å²) in [6.45, 7) is 0.0452. The standard InChI is InChI=1S/C16H12N6O5/c1-26-6-11-12-14(21-20-11)27-13(18)9(5-17)16(12)8-4-7(22(24)25)2-3-10(8)19-15(16)23/h2-4H,6,18H2,1H3,(H,19,23)(H,20,21)/t16-/m1/s1. The Balaban J connectivity index is 2.12. The summed E-state index contributed by atoms with van der Waals surface area (Å²) in [5.41, 5.74) is 4.96. The van der Waals surface area contributed by atoms with Crippen LogP contribution < -0.4 is 15.8 Å². The van der Waals surface area contributed by atoms with Crippen LogP contribution in [0.5, 0.6) is 5.88 Å². The third kappa shape index (κ3) is 1.98. The maximum absolute atomic E-state index is 13.2. The average molecular weight is 368 g/mol. The van der Waals surface area contributed by atoms with Crippen LogP contribution >= 0.6 is 0 Å². The van der Waals surface area contributed by atoms with E-state index < -0.39 is 16.2 Å². The number of nitriles is 1. The van der Waals surface area contributed by atoms with Gasteiger partial charge in [-0.3, -0.25) is 20.0 Å². The molecule has 1 atom stereocenters. The minimum Gasteiger partial charge on any atom is -0.420 e. The normalized spacial score (nSPS) is 19.9. The molecule has 3 heterocycles. The van der Waals surface area contributed by atoms with Crippen LogP contribution in [0.25, 0.3) is 0 Å². The molecule has 2 aliphatic rings. The number of hydrogen-bond acceptors (Lipinski definition) is 8. The van der Waals surface area contributed by atoms with E-state index in [2.05, 4.69) is 15.5 Å². The number of carbonyl (C=O) groups is 1. The first-order valence-corrected chi connectivity index (χ1v) is 7.70. The van der Waals surface area contributed by atoms with Crippen molar-refractivity contribution in [2.45, 2.75) is 12.0 Å². The van der Waals surface area contributed by atoms with Crippen LogP contribution in [0.15, 0.2) is 29.7 Å². The third-order valence-electron chi connectivity index (χ3n) is 4.62. The molecule has 11 heteroatoms. The number of nitrogens with two attached hydrogens (primary N) is 1. The van der Waals surface area contributed by atoms with Gasteiger partial charge in [0.25, 0.3) is 5.69 Å². The summed E-state index contributed by atoms with van der Waals surface area (Å²) in [4.78, 5) is 23.8. The predicted molar refractivity (Wildman–Crippen MR) is 89.3 cm³/mol. The lowest BCUT2D eigenvalue weighted by atomic mass is 9.69. The first-order chi connectivity index (χ1) is 12.9. The number of benzene rings is 1. The number of aromatic amines is 1. The molecule has 11 nitrogen and oxygen atoms in total. The van der Waals surface area contributed by atoms with Crippen LogP contribution in [0.4, 0.5) is 11.4 Å². The number of nitro benzene ring substituents is 1. The molecule has 4 rings (SSSR count). The van der Waals surface area contributed by atoms with Crippen molar-refractivity contribution in [2.75, 3.05) is 12.4 Å². The number of aromatic nitrogens is 2. The monoisotopic (exact) mass is 368 g/mol. The second-order valence-corrected chi connectivity index (χ2v) is 5.96. The van der Waals surface area contributed by atoms with Gasteiger partial charge < -0.3 is 20.5 Å². The molecule has 1 amide bonds. The van der Waals surface area contributed by atoms with E-state index in [0.717, 1.165) is 0 Å². The highest BCUT2D eigenvalue weighted by Gasteiger charge is 2.59. The fourth-order valence-corrected chi connectivity index (χ4v) is 3.57. The average Bonchev–Trinajstić information content (AvgIpc) is 3.15. The number of fused-ring (bicyclic) bond motifs is 4. The quantitative estimate of drug-likeness (QED) is 0.527. The number of ether oxygens (including phenoxy) is 2. The highest BCUT2D eigenvalue weighted by atomic mass is 16.6. The Labute approximate surface area is 151 Å². The van der Waals surface area contributed by atoms with Gasteiger partial charge in [-0.2, -0.15) is 5.26 Å². The van der Waals surface area contributed by atoms with E-state index in [9.17, 15) is 20.2 Å². The van der Waals surface area contributed by atoms with Crippen molar-refractivity contribution in [3.8, 4) is 11.9 Å². The smallest absolute Gasteiger partial charge is 0.269 e. The molecule has 4 N–H and O–H groups in total. The number of nitrogens with zero attached hydrogens (tertiary/aromatic N) is 3.